The molecule has 1 saturated heterocycles. The molecule has 2 aromatic heterocycles. The zero-order valence-corrected chi connectivity index (χ0v) is 15.7. The van der Waals surface area contributed by atoms with E-state index >= 15 is 0 Å². The summed E-state index contributed by atoms with van der Waals surface area (Å²) in [6.45, 7) is 1.01. The van der Waals surface area contributed by atoms with Gasteiger partial charge in [-0.2, -0.15) is 4.31 Å². The third-order valence-electron chi connectivity index (χ3n) is 4.80. The molecule has 0 aliphatic carbocycles. The molecule has 0 unspecified atom stereocenters. The van der Waals surface area contributed by atoms with Gasteiger partial charge in [0.05, 0.1) is 12.3 Å². The molecular formula is C19H20N4O3S. The number of nitrogens with one attached hydrogen (secondary N) is 1. The van der Waals surface area contributed by atoms with Gasteiger partial charge in [-0.1, -0.05) is 24.3 Å². The van der Waals surface area contributed by atoms with E-state index in [0.29, 0.717) is 18.8 Å². The van der Waals surface area contributed by atoms with Crippen molar-refractivity contribution in [3.8, 4) is 0 Å². The van der Waals surface area contributed by atoms with E-state index in [2.05, 4.69) is 9.97 Å². The number of carbonyl (C=O) groups is 1. The number of amides is 1. The maximum absolute atomic E-state index is 12.7. The summed E-state index contributed by atoms with van der Waals surface area (Å²) in [7, 11) is -3.40. The Morgan fingerprint density at radius 3 is 2.70 bits per heavy atom. The van der Waals surface area contributed by atoms with Gasteiger partial charge in [-0.15, -0.1) is 0 Å². The molecular weight excluding hydrogens is 364 g/mol. The number of likely N-dealkylation sites (tertiary alicyclic amines) is 1. The summed E-state index contributed by atoms with van der Waals surface area (Å²) in [5.74, 6) is -0.114. The minimum atomic E-state index is -3.40. The number of H-pyrrole nitrogens is 1. The highest BCUT2D eigenvalue weighted by Crippen LogP contribution is 2.23. The van der Waals surface area contributed by atoms with Crippen molar-refractivity contribution in [3.05, 3.63) is 66.1 Å². The molecule has 3 heterocycles. The Bertz CT molecular complexity index is 1040. The van der Waals surface area contributed by atoms with Crippen LogP contribution in [0.25, 0.3) is 10.9 Å². The van der Waals surface area contributed by atoms with Crippen molar-refractivity contribution in [2.24, 2.45) is 0 Å². The van der Waals surface area contributed by atoms with Crippen LogP contribution in [0.15, 0.2) is 54.9 Å². The van der Waals surface area contributed by atoms with Gasteiger partial charge in [0, 0.05) is 42.9 Å². The molecule has 0 atom stereocenters. The number of hydrogen-bond acceptors (Lipinski definition) is 4. The molecule has 27 heavy (non-hydrogen) atoms. The number of pyridine rings is 1. The molecule has 0 spiro atoms. The zero-order chi connectivity index (χ0) is 19.0. The molecule has 140 valence electrons. The van der Waals surface area contributed by atoms with E-state index in [1.165, 1.54) is 10.6 Å². The fourth-order valence-electron chi connectivity index (χ4n) is 3.35. The maximum atomic E-state index is 12.7. The highest BCUT2D eigenvalue weighted by atomic mass is 32.2. The van der Waals surface area contributed by atoms with Gasteiger partial charge in [0.1, 0.15) is 5.69 Å². The van der Waals surface area contributed by atoms with Crippen molar-refractivity contribution >= 4 is 26.8 Å². The summed E-state index contributed by atoms with van der Waals surface area (Å²) in [6, 6.07) is 12.9. The minimum absolute atomic E-state index is 0.114. The van der Waals surface area contributed by atoms with Crippen LogP contribution in [0.4, 0.5) is 0 Å². The Morgan fingerprint density at radius 2 is 2.04 bits per heavy atom. The summed E-state index contributed by atoms with van der Waals surface area (Å²) in [5.41, 5.74) is 2.25. The number of sulfonamides is 1. The lowest BCUT2D eigenvalue weighted by Gasteiger charge is -2.44. The minimum Gasteiger partial charge on any atom is -0.351 e. The van der Waals surface area contributed by atoms with Crippen LogP contribution in [0.1, 0.15) is 16.1 Å². The lowest BCUT2D eigenvalue weighted by Crippen LogP contribution is -2.61. The number of aromatic nitrogens is 2. The van der Waals surface area contributed by atoms with Gasteiger partial charge >= 0.3 is 0 Å². The number of rotatable bonds is 5. The standard InChI is InChI=1S/C19H20N4O3S/c1-27(25,26)23(11-14-5-4-8-20-10-14)16-12-22(13-16)19(24)18-9-15-6-2-3-7-17(15)21-18/h2-10,16,21H,11-13H2,1H3. The summed E-state index contributed by atoms with van der Waals surface area (Å²) in [5, 5.41) is 0.979. The van der Waals surface area contributed by atoms with E-state index in [4.69, 9.17) is 0 Å². The third kappa shape index (κ3) is 3.58. The Labute approximate surface area is 157 Å². The predicted molar refractivity (Wildman–Crippen MR) is 103 cm³/mol. The second-order valence-electron chi connectivity index (χ2n) is 6.80. The number of para-hydroxylation sites is 1. The summed E-state index contributed by atoms with van der Waals surface area (Å²) in [4.78, 5) is 21.5. The van der Waals surface area contributed by atoms with Crippen molar-refractivity contribution in [2.45, 2.75) is 12.6 Å². The Kier molecular flexibility index (Phi) is 4.45. The zero-order valence-electron chi connectivity index (χ0n) is 14.9. The molecule has 0 saturated carbocycles. The number of fused-ring (bicyclic) bond motifs is 1. The molecule has 3 aromatic rings. The molecule has 4 rings (SSSR count). The molecule has 1 amide bonds. The lowest BCUT2D eigenvalue weighted by molar-refractivity contribution is 0.0439. The second-order valence-corrected chi connectivity index (χ2v) is 8.74. The molecule has 1 fully saturated rings. The smallest absolute Gasteiger partial charge is 0.270 e. The molecule has 8 heteroatoms. The van der Waals surface area contributed by atoms with Gasteiger partial charge in [-0.3, -0.25) is 9.78 Å². The number of hydrogen-bond donors (Lipinski definition) is 1. The van der Waals surface area contributed by atoms with E-state index in [0.717, 1.165) is 16.5 Å². The quantitative estimate of drug-likeness (QED) is 0.727. The third-order valence-corrected chi connectivity index (χ3v) is 6.08. The van der Waals surface area contributed by atoms with Crippen molar-refractivity contribution in [1.82, 2.24) is 19.2 Å². The Hall–Kier alpha value is -2.71. The molecule has 1 N–H and O–H groups in total. The molecule has 7 nitrogen and oxygen atoms in total. The van der Waals surface area contributed by atoms with E-state index in [9.17, 15) is 13.2 Å². The van der Waals surface area contributed by atoms with Crippen molar-refractivity contribution in [2.75, 3.05) is 19.3 Å². The molecule has 1 aromatic carbocycles. The SMILES string of the molecule is CS(=O)(=O)N(Cc1cccnc1)C1CN(C(=O)c2cc3ccccc3[nH]2)C1. The van der Waals surface area contributed by atoms with Gasteiger partial charge in [0.15, 0.2) is 0 Å². The summed E-state index contributed by atoms with van der Waals surface area (Å²) < 4.78 is 25.9. The number of nitrogens with zero attached hydrogens (tertiary/aromatic N) is 3. The van der Waals surface area contributed by atoms with Crippen molar-refractivity contribution < 1.29 is 13.2 Å². The number of benzene rings is 1. The van der Waals surface area contributed by atoms with E-state index in [1.807, 2.05) is 36.4 Å². The van der Waals surface area contributed by atoms with Crippen molar-refractivity contribution in [1.29, 1.82) is 0 Å². The molecule has 0 bridgehead atoms. The van der Waals surface area contributed by atoms with Crippen LogP contribution in [-0.4, -0.2) is 58.9 Å². The monoisotopic (exact) mass is 384 g/mol. The molecule has 0 radical (unpaired) electrons. The largest absolute Gasteiger partial charge is 0.351 e. The van der Waals surface area contributed by atoms with Gasteiger partial charge in [-0.25, -0.2) is 8.42 Å². The average Bonchev–Trinajstić information content (AvgIpc) is 3.04. The van der Waals surface area contributed by atoms with E-state index < -0.39 is 10.0 Å². The topological polar surface area (TPSA) is 86.4 Å². The maximum Gasteiger partial charge on any atom is 0.270 e. The van der Waals surface area contributed by atoms with Crippen LogP contribution in [0.2, 0.25) is 0 Å². The number of aromatic amines is 1. The van der Waals surface area contributed by atoms with Crippen LogP contribution < -0.4 is 0 Å². The van der Waals surface area contributed by atoms with Gasteiger partial charge in [-0.05, 0) is 23.8 Å². The Balaban J connectivity index is 1.46. The van der Waals surface area contributed by atoms with E-state index in [-0.39, 0.29) is 18.5 Å². The Morgan fingerprint density at radius 1 is 1.26 bits per heavy atom. The summed E-state index contributed by atoms with van der Waals surface area (Å²) >= 11 is 0. The van der Waals surface area contributed by atoms with Gasteiger partial charge in [0.25, 0.3) is 5.91 Å². The van der Waals surface area contributed by atoms with Crippen LogP contribution in [0.3, 0.4) is 0 Å². The van der Waals surface area contributed by atoms with E-state index in [1.54, 1.807) is 23.4 Å². The highest BCUT2D eigenvalue weighted by molar-refractivity contribution is 7.88. The number of carbonyl (C=O) groups excluding carboxylic acids is 1. The van der Waals surface area contributed by atoms with Crippen LogP contribution in [0.5, 0.6) is 0 Å². The summed E-state index contributed by atoms with van der Waals surface area (Å²) in [6.07, 6.45) is 4.51. The second kappa shape index (κ2) is 6.79. The molecule has 1 aliphatic heterocycles. The first-order chi connectivity index (χ1) is 12.9. The van der Waals surface area contributed by atoms with Crippen LogP contribution in [0, 0.1) is 0 Å². The van der Waals surface area contributed by atoms with Gasteiger partial charge < -0.3 is 9.88 Å². The average molecular weight is 384 g/mol. The first-order valence-electron chi connectivity index (χ1n) is 8.64. The predicted octanol–water partition coefficient (Wildman–Crippen LogP) is 1.85. The first-order valence-corrected chi connectivity index (χ1v) is 10.5. The van der Waals surface area contributed by atoms with Crippen LogP contribution in [-0.2, 0) is 16.6 Å². The molecule has 1 aliphatic rings. The highest BCUT2D eigenvalue weighted by Gasteiger charge is 2.39. The van der Waals surface area contributed by atoms with Crippen molar-refractivity contribution in [3.63, 3.8) is 0 Å². The normalized spacial score (nSPS) is 15.3. The van der Waals surface area contributed by atoms with Gasteiger partial charge in [0.2, 0.25) is 10.0 Å². The fourth-order valence-corrected chi connectivity index (χ4v) is 4.41. The lowest BCUT2D eigenvalue weighted by atomic mass is 10.1. The first kappa shape index (κ1) is 17.7. The fraction of sp³-hybridized carbons (Fsp3) is 0.263. The van der Waals surface area contributed by atoms with Crippen LogP contribution >= 0.6 is 0 Å².